The minimum atomic E-state index is -0.0763. The van der Waals surface area contributed by atoms with E-state index in [2.05, 4.69) is 44.3 Å². The number of halogens is 1. The van der Waals surface area contributed by atoms with E-state index in [1.54, 1.807) is 0 Å². The third-order valence-electron chi connectivity index (χ3n) is 4.91. The van der Waals surface area contributed by atoms with E-state index in [0.717, 1.165) is 16.3 Å². The van der Waals surface area contributed by atoms with Gasteiger partial charge in [0, 0.05) is 16.3 Å². The van der Waals surface area contributed by atoms with E-state index >= 15 is 0 Å². The van der Waals surface area contributed by atoms with Crippen LogP contribution >= 0.6 is 11.6 Å². The number of anilines is 1. The van der Waals surface area contributed by atoms with Gasteiger partial charge in [-0.2, -0.15) is 0 Å². The molecule has 0 aromatic heterocycles. The molecule has 1 saturated heterocycles. The molecule has 2 heterocycles. The molecule has 0 amide bonds. The zero-order chi connectivity index (χ0) is 16.9. The summed E-state index contributed by atoms with van der Waals surface area (Å²) in [7, 11) is 0. The molecule has 0 aliphatic carbocycles. The van der Waals surface area contributed by atoms with Crippen molar-refractivity contribution in [2.45, 2.75) is 44.4 Å². The maximum absolute atomic E-state index is 6.42. The molecule has 3 unspecified atom stereocenters. The van der Waals surface area contributed by atoms with Crippen LogP contribution in [0.15, 0.2) is 42.5 Å². The number of hydrogen-bond donors (Lipinski definition) is 1. The molecule has 1 fully saturated rings. The van der Waals surface area contributed by atoms with Gasteiger partial charge in [0.2, 0.25) is 0 Å². The molecule has 1 N–H and O–H groups in total. The highest BCUT2D eigenvalue weighted by atomic mass is 35.5. The van der Waals surface area contributed by atoms with Crippen molar-refractivity contribution in [3.8, 4) is 0 Å². The number of ether oxygens (including phenoxy) is 2. The van der Waals surface area contributed by atoms with E-state index in [1.807, 2.05) is 24.3 Å². The molecule has 0 saturated carbocycles. The van der Waals surface area contributed by atoms with E-state index in [0.29, 0.717) is 6.79 Å². The molecule has 2 aromatic carbocycles. The Labute approximate surface area is 147 Å². The fourth-order valence-corrected chi connectivity index (χ4v) is 3.79. The summed E-state index contributed by atoms with van der Waals surface area (Å²) in [6.07, 6.45) is -0.141. The Morgan fingerprint density at radius 1 is 1.04 bits per heavy atom. The maximum Gasteiger partial charge on any atom is 0.148 e. The number of nitrogens with one attached hydrogen (secondary N) is 1. The monoisotopic (exact) mass is 343 g/mol. The molecule has 24 heavy (non-hydrogen) atoms. The Bertz CT molecular complexity index is 768. The molecular formula is C20H22ClNO2. The minimum Gasteiger partial charge on any atom is -0.375 e. The fraction of sp³-hybridized carbons (Fsp3) is 0.400. The van der Waals surface area contributed by atoms with Crippen LogP contribution in [0.2, 0.25) is 5.02 Å². The van der Waals surface area contributed by atoms with Crippen LogP contribution in [0.4, 0.5) is 5.69 Å². The van der Waals surface area contributed by atoms with Gasteiger partial charge in [0.25, 0.3) is 0 Å². The first-order valence-electron chi connectivity index (χ1n) is 8.34. The molecule has 0 radical (unpaired) electrons. The van der Waals surface area contributed by atoms with Gasteiger partial charge in [-0.25, -0.2) is 0 Å². The van der Waals surface area contributed by atoms with E-state index in [9.17, 15) is 0 Å². The molecule has 126 valence electrons. The van der Waals surface area contributed by atoms with Crippen molar-refractivity contribution in [2.24, 2.45) is 0 Å². The Morgan fingerprint density at radius 3 is 2.58 bits per heavy atom. The van der Waals surface area contributed by atoms with Gasteiger partial charge in [-0.15, -0.1) is 0 Å². The molecule has 3 atom stereocenters. The largest absolute Gasteiger partial charge is 0.375 e. The van der Waals surface area contributed by atoms with Crippen LogP contribution in [0.3, 0.4) is 0 Å². The van der Waals surface area contributed by atoms with Crippen molar-refractivity contribution in [3.05, 3.63) is 64.2 Å². The Morgan fingerprint density at radius 2 is 1.83 bits per heavy atom. The van der Waals surface area contributed by atoms with E-state index in [-0.39, 0.29) is 23.7 Å². The van der Waals surface area contributed by atoms with Crippen LogP contribution < -0.4 is 5.32 Å². The van der Waals surface area contributed by atoms with Gasteiger partial charge in [-0.05, 0) is 28.7 Å². The van der Waals surface area contributed by atoms with Gasteiger partial charge < -0.3 is 14.8 Å². The van der Waals surface area contributed by atoms with E-state index < -0.39 is 0 Å². The summed E-state index contributed by atoms with van der Waals surface area (Å²) in [5, 5.41) is 4.36. The van der Waals surface area contributed by atoms with E-state index in [4.69, 9.17) is 21.1 Å². The third-order valence-corrected chi connectivity index (χ3v) is 5.25. The van der Waals surface area contributed by atoms with Crippen LogP contribution in [0.5, 0.6) is 0 Å². The highest BCUT2D eigenvalue weighted by molar-refractivity contribution is 6.31. The van der Waals surface area contributed by atoms with Crippen molar-refractivity contribution >= 4 is 17.3 Å². The average molecular weight is 344 g/mol. The first-order valence-corrected chi connectivity index (χ1v) is 8.71. The minimum absolute atomic E-state index is 0.0146. The van der Waals surface area contributed by atoms with Gasteiger partial charge in [-0.3, -0.25) is 0 Å². The van der Waals surface area contributed by atoms with Crippen molar-refractivity contribution < 1.29 is 9.47 Å². The lowest BCUT2D eigenvalue weighted by Gasteiger charge is -2.36. The summed E-state index contributed by atoms with van der Waals surface area (Å²) in [6, 6.07) is 14.5. The van der Waals surface area contributed by atoms with Crippen molar-refractivity contribution in [2.75, 3.05) is 12.1 Å². The van der Waals surface area contributed by atoms with Crippen LogP contribution in [0, 0.1) is 0 Å². The summed E-state index contributed by atoms with van der Waals surface area (Å²) in [5.74, 6) is 0. The number of benzene rings is 2. The standard InChI is InChI=1S/C20H22ClNO2/c1-20(2,3)12-8-9-16-14(10-12)18-19(24-11-23-18)17(22-16)13-6-4-5-7-15(13)21/h4-10,17-19,22H,11H2,1-3H3. The van der Waals surface area contributed by atoms with Crippen LogP contribution in [0.25, 0.3) is 0 Å². The van der Waals surface area contributed by atoms with Crippen molar-refractivity contribution in [3.63, 3.8) is 0 Å². The number of rotatable bonds is 1. The van der Waals surface area contributed by atoms with Crippen molar-refractivity contribution in [1.29, 1.82) is 0 Å². The number of fused-ring (bicyclic) bond motifs is 3. The molecule has 2 aliphatic rings. The van der Waals surface area contributed by atoms with Gasteiger partial charge in [0.15, 0.2) is 0 Å². The zero-order valence-corrected chi connectivity index (χ0v) is 14.9. The first-order chi connectivity index (χ1) is 11.4. The average Bonchev–Trinajstić information content (AvgIpc) is 3.03. The molecule has 0 spiro atoms. The second-order valence-corrected chi connectivity index (χ2v) is 7.94. The quantitative estimate of drug-likeness (QED) is 0.770. The fourth-order valence-electron chi connectivity index (χ4n) is 3.54. The summed E-state index contributed by atoms with van der Waals surface area (Å²) in [6.45, 7) is 6.99. The van der Waals surface area contributed by atoms with Crippen LogP contribution in [-0.2, 0) is 14.9 Å². The molecule has 2 aliphatic heterocycles. The molecule has 3 nitrogen and oxygen atoms in total. The van der Waals surface area contributed by atoms with Crippen molar-refractivity contribution in [1.82, 2.24) is 0 Å². The van der Waals surface area contributed by atoms with Gasteiger partial charge in [0.05, 0.1) is 6.04 Å². The predicted octanol–water partition coefficient (Wildman–Crippen LogP) is 5.22. The lowest BCUT2D eigenvalue weighted by Crippen LogP contribution is -2.35. The topological polar surface area (TPSA) is 30.5 Å². The Hall–Kier alpha value is -1.55. The van der Waals surface area contributed by atoms with Crippen LogP contribution in [0.1, 0.15) is 49.6 Å². The predicted molar refractivity (Wildman–Crippen MR) is 96.5 cm³/mol. The SMILES string of the molecule is CC(C)(C)c1ccc2c(c1)C1OCOC1C(c1ccccc1Cl)N2. The van der Waals surface area contributed by atoms with Gasteiger partial charge in [-0.1, -0.05) is 62.7 Å². The molecule has 0 bridgehead atoms. The third kappa shape index (κ3) is 2.61. The number of hydrogen-bond acceptors (Lipinski definition) is 3. The van der Waals surface area contributed by atoms with Gasteiger partial charge in [0.1, 0.15) is 19.0 Å². The lowest BCUT2D eigenvalue weighted by atomic mass is 9.82. The lowest BCUT2D eigenvalue weighted by molar-refractivity contribution is 0.0367. The normalized spacial score (nSPS) is 25.8. The maximum atomic E-state index is 6.42. The molecule has 4 rings (SSSR count). The first kappa shape index (κ1) is 15.9. The van der Waals surface area contributed by atoms with E-state index in [1.165, 1.54) is 11.1 Å². The summed E-state index contributed by atoms with van der Waals surface area (Å²) < 4.78 is 11.9. The zero-order valence-electron chi connectivity index (χ0n) is 14.2. The molecule has 4 heteroatoms. The molecule has 2 aromatic rings. The second kappa shape index (κ2) is 5.76. The second-order valence-electron chi connectivity index (χ2n) is 7.53. The summed E-state index contributed by atoms with van der Waals surface area (Å²) in [4.78, 5) is 0. The smallest absolute Gasteiger partial charge is 0.148 e. The highest BCUT2D eigenvalue weighted by Crippen LogP contribution is 2.47. The van der Waals surface area contributed by atoms with Crippen LogP contribution in [-0.4, -0.2) is 12.9 Å². The molecular weight excluding hydrogens is 322 g/mol. The Balaban J connectivity index is 1.78. The summed E-state index contributed by atoms with van der Waals surface area (Å²) >= 11 is 6.42. The summed E-state index contributed by atoms with van der Waals surface area (Å²) in [5.41, 5.74) is 4.72. The Kier molecular flexibility index (Phi) is 3.83. The van der Waals surface area contributed by atoms with Gasteiger partial charge >= 0.3 is 0 Å². The highest BCUT2D eigenvalue weighted by Gasteiger charge is 2.43.